The number of benzene rings is 1. The molecule has 2 heterocycles. The zero-order chi connectivity index (χ0) is 17.5. The van der Waals surface area contributed by atoms with Crippen LogP contribution in [-0.4, -0.2) is 36.5 Å². The number of fused-ring (bicyclic) bond motifs is 1. The van der Waals surface area contributed by atoms with Crippen LogP contribution >= 0.6 is 0 Å². The van der Waals surface area contributed by atoms with Crippen molar-refractivity contribution in [3.63, 3.8) is 0 Å². The fourth-order valence-electron chi connectivity index (χ4n) is 4.09. The Morgan fingerprint density at radius 3 is 2.50 bits per heavy atom. The first kappa shape index (κ1) is 15.8. The minimum Gasteiger partial charge on any atom is -0.278 e. The summed E-state index contributed by atoms with van der Waals surface area (Å²) in [4.78, 5) is 15.5. The summed E-state index contributed by atoms with van der Waals surface area (Å²) in [6.45, 7) is 0.586. The van der Waals surface area contributed by atoms with Crippen LogP contribution in [0, 0.1) is 0 Å². The summed E-state index contributed by atoms with van der Waals surface area (Å²) in [6, 6.07) is 11.1. The van der Waals surface area contributed by atoms with Gasteiger partial charge in [0, 0.05) is 23.7 Å². The molecular weight excluding hydrogens is 326 g/mol. The first-order valence-electron chi connectivity index (χ1n) is 9.56. The Hall–Kier alpha value is -2.47. The van der Waals surface area contributed by atoms with E-state index in [9.17, 15) is 4.79 Å². The molecule has 2 aliphatic rings. The van der Waals surface area contributed by atoms with Crippen molar-refractivity contribution in [1.82, 2.24) is 24.5 Å². The maximum Gasteiger partial charge on any atom is 0.296 e. The topological polar surface area (TPSA) is 56.0 Å². The summed E-state index contributed by atoms with van der Waals surface area (Å²) in [6.07, 6.45) is 11.2. The van der Waals surface area contributed by atoms with Crippen molar-refractivity contribution >= 4 is 10.9 Å². The molecule has 2 saturated carbocycles. The Kier molecular flexibility index (Phi) is 3.85. The zero-order valence-corrected chi connectivity index (χ0v) is 14.8. The van der Waals surface area contributed by atoms with Crippen molar-refractivity contribution in [1.29, 1.82) is 0 Å². The molecule has 2 fully saturated rings. The average molecular weight is 349 g/mol. The number of nitrogens with zero attached hydrogens (tertiary/aromatic N) is 5. The molecule has 26 heavy (non-hydrogen) atoms. The second-order valence-electron chi connectivity index (χ2n) is 7.49. The van der Waals surface area contributed by atoms with E-state index in [0.29, 0.717) is 24.3 Å². The van der Waals surface area contributed by atoms with Crippen LogP contribution in [0.1, 0.15) is 38.5 Å². The van der Waals surface area contributed by atoms with Gasteiger partial charge in [-0.1, -0.05) is 31.0 Å². The van der Waals surface area contributed by atoms with Crippen LogP contribution in [-0.2, 0) is 6.67 Å². The number of para-hydroxylation sites is 1. The lowest BCUT2D eigenvalue weighted by molar-refractivity contribution is 0.132. The summed E-state index contributed by atoms with van der Waals surface area (Å²) >= 11 is 0. The molecule has 0 atom stereocenters. The van der Waals surface area contributed by atoms with E-state index < -0.39 is 0 Å². The molecule has 0 unspecified atom stereocenters. The Bertz CT molecular complexity index is 967. The number of aromatic nitrogens is 4. The molecule has 0 amide bonds. The third-order valence-corrected chi connectivity index (χ3v) is 5.64. The lowest BCUT2D eigenvalue weighted by atomic mass is 10.2. The SMILES string of the molecule is O=c1c2nn(-c3ccccc3)cc2cnn1CN(C1CCCC1)C1CC1. The van der Waals surface area contributed by atoms with Gasteiger partial charge >= 0.3 is 0 Å². The Labute approximate surface area is 152 Å². The molecule has 0 aliphatic heterocycles. The minimum atomic E-state index is -0.0965. The first-order valence-corrected chi connectivity index (χ1v) is 9.56. The first-order chi connectivity index (χ1) is 12.8. The lowest BCUT2D eigenvalue weighted by Crippen LogP contribution is -2.40. The summed E-state index contributed by atoms with van der Waals surface area (Å²) in [5.74, 6) is 0. The van der Waals surface area contributed by atoms with E-state index in [1.165, 1.54) is 38.5 Å². The molecule has 0 N–H and O–H groups in total. The fourth-order valence-corrected chi connectivity index (χ4v) is 4.09. The average Bonchev–Trinajstić information content (AvgIpc) is 3.19. The van der Waals surface area contributed by atoms with E-state index in [0.717, 1.165) is 11.1 Å². The molecule has 3 aromatic rings. The van der Waals surface area contributed by atoms with Gasteiger partial charge in [0.1, 0.15) is 0 Å². The third kappa shape index (κ3) is 2.84. The van der Waals surface area contributed by atoms with Gasteiger partial charge in [-0.25, -0.2) is 9.36 Å². The van der Waals surface area contributed by atoms with E-state index in [4.69, 9.17) is 0 Å². The summed E-state index contributed by atoms with van der Waals surface area (Å²) in [5, 5.41) is 9.76. The van der Waals surface area contributed by atoms with Crippen LogP contribution in [0.15, 0.2) is 47.5 Å². The maximum absolute atomic E-state index is 13.0. The largest absolute Gasteiger partial charge is 0.296 e. The predicted octanol–water partition coefficient (Wildman–Crippen LogP) is 2.95. The highest BCUT2D eigenvalue weighted by Crippen LogP contribution is 2.34. The Morgan fingerprint density at radius 2 is 1.77 bits per heavy atom. The minimum absolute atomic E-state index is 0.0965. The van der Waals surface area contributed by atoms with Crippen molar-refractivity contribution < 1.29 is 0 Å². The van der Waals surface area contributed by atoms with Crippen LogP contribution in [0.4, 0.5) is 0 Å². The predicted molar refractivity (Wildman–Crippen MR) is 100 cm³/mol. The molecule has 0 radical (unpaired) electrons. The monoisotopic (exact) mass is 349 g/mol. The highest BCUT2D eigenvalue weighted by atomic mass is 16.1. The van der Waals surface area contributed by atoms with Crippen molar-refractivity contribution in [3.05, 3.63) is 53.1 Å². The fraction of sp³-hybridized carbons (Fsp3) is 0.450. The highest BCUT2D eigenvalue weighted by Gasteiger charge is 2.35. The summed E-state index contributed by atoms with van der Waals surface area (Å²) < 4.78 is 3.36. The van der Waals surface area contributed by atoms with Gasteiger partial charge in [-0.2, -0.15) is 10.2 Å². The normalized spacial score (nSPS) is 18.2. The third-order valence-electron chi connectivity index (χ3n) is 5.64. The second kappa shape index (κ2) is 6.36. The molecule has 6 heteroatoms. The van der Waals surface area contributed by atoms with Gasteiger partial charge in [-0.3, -0.25) is 9.69 Å². The highest BCUT2D eigenvalue weighted by molar-refractivity contribution is 5.76. The molecule has 2 aromatic heterocycles. The lowest BCUT2D eigenvalue weighted by Gasteiger charge is -2.28. The van der Waals surface area contributed by atoms with Crippen molar-refractivity contribution in [2.45, 2.75) is 57.3 Å². The van der Waals surface area contributed by atoms with E-state index in [2.05, 4.69) is 15.1 Å². The van der Waals surface area contributed by atoms with Crippen LogP contribution in [0.3, 0.4) is 0 Å². The molecule has 0 saturated heterocycles. The summed E-state index contributed by atoms with van der Waals surface area (Å²) in [7, 11) is 0. The smallest absolute Gasteiger partial charge is 0.278 e. The van der Waals surface area contributed by atoms with Crippen LogP contribution in [0.25, 0.3) is 16.6 Å². The molecule has 2 aliphatic carbocycles. The van der Waals surface area contributed by atoms with E-state index >= 15 is 0 Å². The van der Waals surface area contributed by atoms with Crippen molar-refractivity contribution in [2.24, 2.45) is 0 Å². The number of hydrogen-bond donors (Lipinski definition) is 0. The van der Waals surface area contributed by atoms with Gasteiger partial charge in [-0.05, 0) is 37.8 Å². The van der Waals surface area contributed by atoms with Gasteiger partial charge in [0.2, 0.25) is 0 Å². The van der Waals surface area contributed by atoms with Crippen molar-refractivity contribution in [2.75, 3.05) is 0 Å². The molecule has 0 spiro atoms. The van der Waals surface area contributed by atoms with Crippen molar-refractivity contribution in [3.8, 4) is 5.69 Å². The number of rotatable bonds is 5. The molecule has 0 bridgehead atoms. The molecule has 6 nitrogen and oxygen atoms in total. The van der Waals surface area contributed by atoms with Gasteiger partial charge in [0.25, 0.3) is 5.56 Å². The van der Waals surface area contributed by atoms with E-state index in [1.54, 1.807) is 15.6 Å². The Morgan fingerprint density at radius 1 is 1.04 bits per heavy atom. The standard InChI is InChI=1S/C20H23N5O/c26-20-19-15(13-24(22-19)18-8-2-1-3-9-18)12-21-25(20)14-23(17-10-11-17)16-6-4-5-7-16/h1-3,8-9,12-13,16-17H,4-7,10-11,14H2. The van der Waals surface area contributed by atoms with Gasteiger partial charge in [0.05, 0.1) is 18.6 Å². The maximum atomic E-state index is 13.0. The molecular formula is C20H23N5O. The van der Waals surface area contributed by atoms with Gasteiger partial charge in [0.15, 0.2) is 5.52 Å². The van der Waals surface area contributed by atoms with Gasteiger partial charge < -0.3 is 0 Å². The van der Waals surface area contributed by atoms with Gasteiger partial charge in [-0.15, -0.1) is 0 Å². The van der Waals surface area contributed by atoms with E-state index in [1.807, 2.05) is 36.5 Å². The zero-order valence-electron chi connectivity index (χ0n) is 14.8. The van der Waals surface area contributed by atoms with Crippen LogP contribution < -0.4 is 5.56 Å². The van der Waals surface area contributed by atoms with E-state index in [-0.39, 0.29) is 5.56 Å². The van der Waals surface area contributed by atoms with Crippen LogP contribution in [0.5, 0.6) is 0 Å². The Balaban J connectivity index is 1.48. The quantitative estimate of drug-likeness (QED) is 0.711. The molecule has 134 valence electrons. The molecule has 5 rings (SSSR count). The summed E-state index contributed by atoms with van der Waals surface area (Å²) in [5.41, 5.74) is 1.34. The second-order valence-corrected chi connectivity index (χ2v) is 7.49. The van der Waals surface area contributed by atoms with Crippen LogP contribution in [0.2, 0.25) is 0 Å². The molecule has 1 aromatic carbocycles. The number of hydrogen-bond acceptors (Lipinski definition) is 4.